The maximum Gasteiger partial charge on any atom is 0.00671 e. The molecule has 0 spiro atoms. The minimum Gasteiger partial charge on any atom is -0.317 e. The Labute approximate surface area is 115 Å². The molecular formula is C16H34N2. The summed E-state index contributed by atoms with van der Waals surface area (Å²) in [6.07, 6.45) is 6.77. The van der Waals surface area contributed by atoms with E-state index in [-0.39, 0.29) is 0 Å². The molecule has 1 aliphatic heterocycles. The molecule has 0 amide bonds. The lowest BCUT2D eigenvalue weighted by Crippen LogP contribution is -2.41. The average Bonchev–Trinajstić information content (AvgIpc) is 2.36. The SMILES string of the molecule is CCCN(CC1CCNCC1)C(C)CCC(C)C. The second-order valence-electron chi connectivity index (χ2n) is 6.51. The maximum absolute atomic E-state index is 3.47. The second kappa shape index (κ2) is 8.92. The van der Waals surface area contributed by atoms with E-state index in [0.29, 0.717) is 0 Å². The fraction of sp³-hybridized carbons (Fsp3) is 1.00. The van der Waals surface area contributed by atoms with Gasteiger partial charge in [0.25, 0.3) is 0 Å². The molecule has 1 N–H and O–H groups in total. The van der Waals surface area contributed by atoms with Crippen LogP contribution in [0.15, 0.2) is 0 Å². The monoisotopic (exact) mass is 254 g/mol. The Morgan fingerprint density at radius 3 is 2.33 bits per heavy atom. The number of rotatable bonds is 8. The van der Waals surface area contributed by atoms with Crippen LogP contribution in [0.4, 0.5) is 0 Å². The molecule has 1 heterocycles. The van der Waals surface area contributed by atoms with Crippen LogP contribution in [0, 0.1) is 11.8 Å². The van der Waals surface area contributed by atoms with Crippen LogP contribution in [0.2, 0.25) is 0 Å². The van der Waals surface area contributed by atoms with E-state index in [1.807, 2.05) is 0 Å². The first-order valence-corrected chi connectivity index (χ1v) is 8.08. The summed E-state index contributed by atoms with van der Waals surface area (Å²) in [5.74, 6) is 1.77. The highest BCUT2D eigenvalue weighted by Crippen LogP contribution is 2.18. The van der Waals surface area contributed by atoms with E-state index >= 15 is 0 Å². The van der Waals surface area contributed by atoms with Crippen molar-refractivity contribution in [1.82, 2.24) is 10.2 Å². The van der Waals surface area contributed by atoms with Crippen LogP contribution in [-0.2, 0) is 0 Å². The van der Waals surface area contributed by atoms with Gasteiger partial charge in [0.05, 0.1) is 0 Å². The molecule has 1 unspecified atom stereocenters. The van der Waals surface area contributed by atoms with Crippen molar-refractivity contribution in [3.05, 3.63) is 0 Å². The molecule has 108 valence electrons. The number of nitrogens with zero attached hydrogens (tertiary/aromatic N) is 1. The molecule has 2 heteroatoms. The largest absolute Gasteiger partial charge is 0.317 e. The Bertz CT molecular complexity index is 197. The van der Waals surface area contributed by atoms with Gasteiger partial charge in [0.15, 0.2) is 0 Å². The summed E-state index contributed by atoms with van der Waals surface area (Å²) >= 11 is 0. The molecule has 0 radical (unpaired) electrons. The third kappa shape index (κ3) is 6.19. The topological polar surface area (TPSA) is 15.3 Å². The van der Waals surface area contributed by atoms with E-state index in [0.717, 1.165) is 17.9 Å². The van der Waals surface area contributed by atoms with Crippen molar-refractivity contribution in [2.24, 2.45) is 11.8 Å². The standard InChI is InChI=1S/C16H34N2/c1-5-12-18(15(4)7-6-14(2)3)13-16-8-10-17-11-9-16/h14-17H,5-13H2,1-4H3. The lowest BCUT2D eigenvalue weighted by Gasteiger charge is -2.34. The first-order valence-electron chi connectivity index (χ1n) is 8.08. The number of nitrogens with one attached hydrogen (secondary N) is 1. The van der Waals surface area contributed by atoms with Gasteiger partial charge in [0, 0.05) is 12.6 Å². The van der Waals surface area contributed by atoms with E-state index in [9.17, 15) is 0 Å². The molecule has 0 aromatic rings. The van der Waals surface area contributed by atoms with Crippen molar-refractivity contribution in [3.8, 4) is 0 Å². The van der Waals surface area contributed by atoms with Crippen molar-refractivity contribution in [3.63, 3.8) is 0 Å². The van der Waals surface area contributed by atoms with Gasteiger partial charge in [-0.25, -0.2) is 0 Å². The molecule has 2 nitrogen and oxygen atoms in total. The Hall–Kier alpha value is -0.0800. The summed E-state index contributed by atoms with van der Waals surface area (Å²) in [6, 6.07) is 0.766. The summed E-state index contributed by atoms with van der Waals surface area (Å²) in [5, 5.41) is 3.47. The van der Waals surface area contributed by atoms with E-state index in [2.05, 4.69) is 37.9 Å². The van der Waals surface area contributed by atoms with Crippen LogP contribution in [0.25, 0.3) is 0 Å². The first-order chi connectivity index (χ1) is 8.63. The zero-order valence-electron chi connectivity index (χ0n) is 13.0. The highest BCUT2D eigenvalue weighted by molar-refractivity contribution is 4.75. The normalized spacial score (nSPS) is 19.7. The fourth-order valence-electron chi connectivity index (χ4n) is 2.93. The molecule has 18 heavy (non-hydrogen) atoms. The lowest BCUT2D eigenvalue weighted by atomic mass is 9.96. The van der Waals surface area contributed by atoms with E-state index < -0.39 is 0 Å². The predicted octanol–water partition coefficient (Wildman–Crippen LogP) is 3.52. The summed E-state index contributed by atoms with van der Waals surface area (Å²) < 4.78 is 0. The molecule has 1 aliphatic rings. The molecule has 1 atom stereocenters. The van der Waals surface area contributed by atoms with Crippen LogP contribution >= 0.6 is 0 Å². The number of piperidine rings is 1. The van der Waals surface area contributed by atoms with Crippen molar-refractivity contribution in [1.29, 1.82) is 0 Å². The third-order valence-corrected chi connectivity index (χ3v) is 4.25. The van der Waals surface area contributed by atoms with Gasteiger partial charge in [-0.2, -0.15) is 0 Å². The molecule has 0 saturated carbocycles. The Balaban J connectivity index is 2.36. The minimum absolute atomic E-state index is 0.766. The smallest absolute Gasteiger partial charge is 0.00671 e. The van der Waals surface area contributed by atoms with Crippen molar-refractivity contribution in [2.45, 2.75) is 65.8 Å². The van der Waals surface area contributed by atoms with Gasteiger partial charge in [-0.15, -0.1) is 0 Å². The zero-order valence-corrected chi connectivity index (χ0v) is 13.0. The van der Waals surface area contributed by atoms with Gasteiger partial charge in [0.1, 0.15) is 0 Å². The molecule has 1 rings (SSSR count). The summed E-state index contributed by atoms with van der Waals surface area (Å²) in [7, 11) is 0. The Kier molecular flexibility index (Phi) is 7.92. The molecule has 0 bridgehead atoms. The van der Waals surface area contributed by atoms with Crippen LogP contribution < -0.4 is 5.32 Å². The summed E-state index contributed by atoms with van der Waals surface area (Å²) in [5.41, 5.74) is 0. The Morgan fingerprint density at radius 1 is 1.11 bits per heavy atom. The number of hydrogen-bond acceptors (Lipinski definition) is 2. The van der Waals surface area contributed by atoms with Gasteiger partial charge >= 0.3 is 0 Å². The summed E-state index contributed by atoms with van der Waals surface area (Å²) in [4.78, 5) is 2.75. The van der Waals surface area contributed by atoms with Gasteiger partial charge < -0.3 is 10.2 Å². The molecule has 0 aliphatic carbocycles. The second-order valence-corrected chi connectivity index (χ2v) is 6.51. The Morgan fingerprint density at radius 2 is 1.78 bits per heavy atom. The first kappa shape index (κ1) is 16.0. The third-order valence-electron chi connectivity index (χ3n) is 4.25. The lowest BCUT2D eigenvalue weighted by molar-refractivity contribution is 0.150. The van der Waals surface area contributed by atoms with E-state index in [4.69, 9.17) is 0 Å². The van der Waals surface area contributed by atoms with E-state index in [1.165, 1.54) is 58.3 Å². The van der Waals surface area contributed by atoms with Gasteiger partial charge in [-0.05, 0) is 70.5 Å². The van der Waals surface area contributed by atoms with Gasteiger partial charge in [-0.3, -0.25) is 0 Å². The molecule has 0 aromatic carbocycles. The number of hydrogen-bond donors (Lipinski definition) is 1. The van der Waals surface area contributed by atoms with Crippen LogP contribution in [0.5, 0.6) is 0 Å². The summed E-state index contributed by atoms with van der Waals surface area (Å²) in [6.45, 7) is 14.5. The zero-order chi connectivity index (χ0) is 13.4. The molecular weight excluding hydrogens is 220 g/mol. The highest BCUT2D eigenvalue weighted by Gasteiger charge is 2.20. The molecule has 1 fully saturated rings. The van der Waals surface area contributed by atoms with Gasteiger partial charge in [-0.1, -0.05) is 20.8 Å². The highest BCUT2D eigenvalue weighted by atomic mass is 15.1. The van der Waals surface area contributed by atoms with E-state index in [1.54, 1.807) is 0 Å². The van der Waals surface area contributed by atoms with Crippen LogP contribution in [-0.4, -0.2) is 37.1 Å². The average molecular weight is 254 g/mol. The van der Waals surface area contributed by atoms with Crippen LogP contribution in [0.3, 0.4) is 0 Å². The molecule has 1 saturated heterocycles. The van der Waals surface area contributed by atoms with Crippen LogP contribution in [0.1, 0.15) is 59.8 Å². The van der Waals surface area contributed by atoms with Crippen molar-refractivity contribution >= 4 is 0 Å². The van der Waals surface area contributed by atoms with Crippen molar-refractivity contribution in [2.75, 3.05) is 26.2 Å². The fourth-order valence-corrected chi connectivity index (χ4v) is 2.93. The van der Waals surface area contributed by atoms with Gasteiger partial charge in [0.2, 0.25) is 0 Å². The molecule has 0 aromatic heterocycles. The minimum atomic E-state index is 0.766. The maximum atomic E-state index is 3.47. The van der Waals surface area contributed by atoms with Crippen molar-refractivity contribution < 1.29 is 0 Å². The predicted molar refractivity (Wildman–Crippen MR) is 81.0 cm³/mol. The quantitative estimate of drug-likeness (QED) is 0.713.